The summed E-state index contributed by atoms with van der Waals surface area (Å²) in [5.74, 6) is 0.883. The molecule has 1 aromatic heterocycles. The molecule has 1 N–H and O–H groups in total. The molecule has 2 rings (SSSR count). The minimum atomic E-state index is 0. The number of aryl methyl sites for hydroxylation is 2. The molecule has 0 bridgehead atoms. The molecule has 0 aliphatic heterocycles. The number of halogens is 2. The molecule has 0 saturated carbocycles. The van der Waals surface area contributed by atoms with E-state index in [1.165, 1.54) is 10.4 Å². The van der Waals surface area contributed by atoms with Crippen molar-refractivity contribution in [1.82, 2.24) is 15.2 Å². The van der Waals surface area contributed by atoms with Gasteiger partial charge in [-0.05, 0) is 31.5 Å². The third-order valence-corrected chi connectivity index (χ3v) is 4.91. The van der Waals surface area contributed by atoms with Crippen molar-refractivity contribution in [2.75, 3.05) is 14.1 Å². The highest BCUT2D eigenvalue weighted by molar-refractivity contribution is 14.0. The second kappa shape index (κ2) is 9.58. The summed E-state index contributed by atoms with van der Waals surface area (Å²) in [5.41, 5.74) is 2.35. The number of aliphatic imine (C=N–C) groups is 1. The van der Waals surface area contributed by atoms with Gasteiger partial charge in [0.1, 0.15) is 0 Å². The van der Waals surface area contributed by atoms with Gasteiger partial charge in [0.05, 0.1) is 17.2 Å². The van der Waals surface area contributed by atoms with Crippen LogP contribution < -0.4 is 5.32 Å². The minimum absolute atomic E-state index is 0. The number of thiazole rings is 1. The third-order valence-electron chi connectivity index (χ3n) is 3.31. The maximum absolute atomic E-state index is 4.46. The quantitative estimate of drug-likeness (QED) is 0.379. The van der Waals surface area contributed by atoms with Crippen LogP contribution in [0.1, 0.15) is 21.1 Å². The summed E-state index contributed by atoms with van der Waals surface area (Å²) in [4.78, 5) is 12.2. The van der Waals surface area contributed by atoms with E-state index < -0.39 is 0 Å². The Bertz CT molecular complexity index is 655. The summed E-state index contributed by atoms with van der Waals surface area (Å²) in [5, 5.41) is 4.51. The monoisotopic (exact) mass is 508 g/mol. The second-order valence-electron chi connectivity index (χ2n) is 5.12. The number of nitrogens with one attached hydrogen (secondary N) is 1. The van der Waals surface area contributed by atoms with Crippen LogP contribution in [0.5, 0.6) is 0 Å². The maximum atomic E-state index is 4.46. The van der Waals surface area contributed by atoms with Gasteiger partial charge in [-0.3, -0.25) is 4.99 Å². The van der Waals surface area contributed by atoms with Crippen LogP contribution in [-0.4, -0.2) is 29.9 Å². The van der Waals surface area contributed by atoms with Gasteiger partial charge in [0.2, 0.25) is 0 Å². The number of nitrogens with zero attached hydrogens (tertiary/aromatic N) is 3. The van der Waals surface area contributed by atoms with Gasteiger partial charge in [-0.1, -0.05) is 28.1 Å². The van der Waals surface area contributed by atoms with Gasteiger partial charge in [0.15, 0.2) is 5.96 Å². The smallest absolute Gasteiger partial charge is 0.193 e. The molecule has 0 amide bonds. The maximum Gasteiger partial charge on any atom is 0.193 e. The second-order valence-corrected chi connectivity index (χ2v) is 7.33. The van der Waals surface area contributed by atoms with E-state index in [-0.39, 0.29) is 24.0 Å². The van der Waals surface area contributed by atoms with E-state index in [9.17, 15) is 0 Å². The Hall–Kier alpha value is -0.670. The number of hydrogen-bond donors (Lipinski definition) is 1. The molecule has 0 atom stereocenters. The van der Waals surface area contributed by atoms with Crippen molar-refractivity contribution < 1.29 is 0 Å². The van der Waals surface area contributed by atoms with Gasteiger partial charge in [0.25, 0.3) is 0 Å². The van der Waals surface area contributed by atoms with Gasteiger partial charge < -0.3 is 10.2 Å². The third kappa shape index (κ3) is 6.04. The van der Waals surface area contributed by atoms with Gasteiger partial charge in [-0.15, -0.1) is 35.3 Å². The summed E-state index contributed by atoms with van der Waals surface area (Å²) in [6, 6.07) is 8.35. The molecule has 23 heavy (non-hydrogen) atoms. The fourth-order valence-corrected chi connectivity index (χ4v) is 3.36. The lowest BCUT2D eigenvalue weighted by Gasteiger charge is -2.22. The zero-order valence-corrected chi connectivity index (χ0v) is 18.5. The molecule has 126 valence electrons. The number of hydrogen-bond acceptors (Lipinski definition) is 3. The number of benzene rings is 1. The van der Waals surface area contributed by atoms with Crippen LogP contribution in [0.25, 0.3) is 0 Å². The SMILES string of the molecule is CN=C(NCc1sc(C)nc1C)N(C)Cc1ccc(Br)cc1.I. The molecule has 4 nitrogen and oxygen atoms in total. The van der Waals surface area contributed by atoms with Crippen LogP contribution >= 0.6 is 51.2 Å². The fraction of sp³-hybridized carbons (Fsp3) is 0.375. The van der Waals surface area contributed by atoms with E-state index in [2.05, 4.69) is 67.3 Å². The molecule has 7 heteroatoms. The van der Waals surface area contributed by atoms with Crippen molar-refractivity contribution >= 4 is 57.2 Å². The molecular formula is C16H22BrIN4S. The average molecular weight is 509 g/mol. The predicted molar refractivity (Wildman–Crippen MR) is 113 cm³/mol. The molecule has 0 saturated heterocycles. The lowest BCUT2D eigenvalue weighted by Crippen LogP contribution is -2.38. The lowest BCUT2D eigenvalue weighted by atomic mass is 10.2. The summed E-state index contributed by atoms with van der Waals surface area (Å²) < 4.78 is 1.09. The number of aromatic nitrogens is 1. The first-order chi connectivity index (χ1) is 10.5. The first-order valence-corrected chi connectivity index (χ1v) is 8.69. The highest BCUT2D eigenvalue weighted by atomic mass is 127. The number of guanidine groups is 1. The number of rotatable bonds is 4. The van der Waals surface area contributed by atoms with Crippen LogP contribution in [0.3, 0.4) is 0 Å². The Kier molecular flexibility index (Phi) is 8.49. The fourth-order valence-electron chi connectivity index (χ4n) is 2.22. The van der Waals surface area contributed by atoms with Gasteiger partial charge in [-0.25, -0.2) is 4.98 Å². The zero-order chi connectivity index (χ0) is 16.1. The Labute approximate surface area is 167 Å². The molecule has 0 radical (unpaired) electrons. The van der Waals surface area contributed by atoms with Crippen molar-refractivity contribution in [2.24, 2.45) is 4.99 Å². The standard InChI is InChI=1S/C16H21BrN4S.HI/c1-11-15(22-12(2)20-11)9-19-16(18-3)21(4)10-13-5-7-14(17)8-6-13;/h5-8H,9-10H2,1-4H3,(H,18,19);1H. The Morgan fingerprint density at radius 3 is 2.48 bits per heavy atom. The summed E-state index contributed by atoms with van der Waals surface area (Å²) in [7, 11) is 3.85. The van der Waals surface area contributed by atoms with Crippen molar-refractivity contribution in [3.05, 3.63) is 49.9 Å². The molecule has 1 aromatic carbocycles. The molecule has 2 aromatic rings. The van der Waals surface area contributed by atoms with Crippen LogP contribution in [0.2, 0.25) is 0 Å². The van der Waals surface area contributed by atoms with E-state index >= 15 is 0 Å². The molecule has 0 aliphatic rings. The van der Waals surface area contributed by atoms with Crippen LogP contribution in [0.15, 0.2) is 33.7 Å². The molecule has 0 spiro atoms. The molecule has 0 fully saturated rings. The van der Waals surface area contributed by atoms with Crippen LogP contribution in [-0.2, 0) is 13.1 Å². The minimum Gasteiger partial charge on any atom is -0.351 e. The van der Waals surface area contributed by atoms with E-state index in [0.717, 1.165) is 34.2 Å². The summed E-state index contributed by atoms with van der Waals surface area (Å²) in [6.45, 7) is 5.66. The Morgan fingerprint density at radius 2 is 1.96 bits per heavy atom. The zero-order valence-electron chi connectivity index (χ0n) is 13.8. The summed E-state index contributed by atoms with van der Waals surface area (Å²) >= 11 is 5.19. The van der Waals surface area contributed by atoms with Crippen molar-refractivity contribution in [3.63, 3.8) is 0 Å². The van der Waals surface area contributed by atoms with E-state index in [0.29, 0.717) is 0 Å². The van der Waals surface area contributed by atoms with Crippen molar-refractivity contribution in [2.45, 2.75) is 26.9 Å². The highest BCUT2D eigenvalue weighted by Crippen LogP contribution is 2.17. The van der Waals surface area contributed by atoms with E-state index in [4.69, 9.17) is 0 Å². The average Bonchev–Trinajstić information content (AvgIpc) is 2.80. The van der Waals surface area contributed by atoms with E-state index in [1.54, 1.807) is 11.3 Å². The topological polar surface area (TPSA) is 40.5 Å². The normalized spacial score (nSPS) is 11.1. The Morgan fingerprint density at radius 1 is 1.30 bits per heavy atom. The Balaban J connectivity index is 0.00000264. The largest absolute Gasteiger partial charge is 0.351 e. The summed E-state index contributed by atoms with van der Waals surface area (Å²) in [6.07, 6.45) is 0. The van der Waals surface area contributed by atoms with Gasteiger partial charge in [0, 0.05) is 30.0 Å². The van der Waals surface area contributed by atoms with Crippen molar-refractivity contribution in [1.29, 1.82) is 0 Å². The predicted octanol–water partition coefficient (Wildman–Crippen LogP) is 4.35. The molecule has 1 heterocycles. The van der Waals surface area contributed by atoms with Crippen LogP contribution in [0, 0.1) is 13.8 Å². The first-order valence-electron chi connectivity index (χ1n) is 7.08. The first kappa shape index (κ1) is 20.4. The van der Waals surface area contributed by atoms with Crippen LogP contribution in [0.4, 0.5) is 0 Å². The molecule has 0 unspecified atom stereocenters. The lowest BCUT2D eigenvalue weighted by molar-refractivity contribution is 0.477. The highest BCUT2D eigenvalue weighted by Gasteiger charge is 2.09. The molecule has 0 aliphatic carbocycles. The van der Waals surface area contributed by atoms with Crippen molar-refractivity contribution in [3.8, 4) is 0 Å². The van der Waals surface area contributed by atoms with E-state index in [1.807, 2.05) is 21.0 Å². The van der Waals surface area contributed by atoms with Gasteiger partial charge >= 0.3 is 0 Å². The van der Waals surface area contributed by atoms with Gasteiger partial charge in [-0.2, -0.15) is 0 Å². The molecular weight excluding hydrogens is 487 g/mol.